The Labute approximate surface area is 307 Å². The van der Waals surface area contributed by atoms with Crippen LogP contribution in [0, 0.1) is 0 Å². The van der Waals surface area contributed by atoms with Crippen LogP contribution < -0.4 is 50.6 Å². The smallest absolute Gasteiger partial charge is 0.543 e. The van der Waals surface area contributed by atoms with Gasteiger partial charge in [0.15, 0.2) is 11.5 Å². The molecular formula is C26H27N10NaO10S2. The van der Waals surface area contributed by atoms with E-state index in [-0.39, 0.29) is 78.2 Å². The Hall–Kier alpha value is -4.38. The number of hydrogen-bond donors (Lipinski definition) is 5. The van der Waals surface area contributed by atoms with Crippen molar-refractivity contribution in [1.82, 2.24) is 50.9 Å². The Bertz CT molecular complexity index is 1760. The number of nitrogens with zero attached hydrogens (tertiary/aromatic N) is 7. The average Bonchev–Trinajstić information content (AvgIpc) is 3.48. The number of β-lactam (4-membered cyclic amide) rings is 1. The van der Waals surface area contributed by atoms with Gasteiger partial charge >= 0.3 is 47.4 Å². The van der Waals surface area contributed by atoms with Gasteiger partial charge in [0.25, 0.3) is 5.91 Å². The van der Waals surface area contributed by atoms with E-state index in [1.165, 1.54) is 15.6 Å². The first-order valence-corrected chi connectivity index (χ1v) is 16.1. The van der Waals surface area contributed by atoms with Gasteiger partial charge < -0.3 is 41.0 Å². The molecule has 5 rings (SSSR count). The number of amides is 7. The van der Waals surface area contributed by atoms with Crippen molar-refractivity contribution < 1.29 is 78.4 Å². The van der Waals surface area contributed by atoms with Crippen molar-refractivity contribution in [1.29, 1.82) is 0 Å². The number of carboxylic acid groups (broad SMARTS) is 1. The predicted octanol–water partition coefficient (Wildman–Crippen LogP) is -6.66. The average molecular weight is 727 g/mol. The van der Waals surface area contributed by atoms with Crippen LogP contribution in [0.3, 0.4) is 0 Å². The molecule has 23 heteroatoms. The number of phenols is 2. The third-order valence-corrected chi connectivity index (χ3v) is 10.2. The fraction of sp³-hybridized carbons (Fsp3) is 0.385. The SMILES string of the molecule is CCN1CCN(C(=O)NC(C(=O)N[C@]2(NC=O)C(=O)N3C(C(=O)[O-])=C(CSc4nnnn4C)CS[C@H]32)c2ccc(O)c(O)c2)C(=O)C1=O.[Na+]. The minimum absolute atomic E-state index is 0. The molecule has 49 heavy (non-hydrogen) atoms. The number of aryl methyl sites for hydroxylation is 1. The predicted molar refractivity (Wildman–Crippen MR) is 160 cm³/mol. The largest absolute Gasteiger partial charge is 1.00 e. The summed E-state index contributed by atoms with van der Waals surface area (Å²) in [4.78, 5) is 92.7. The number of aromatic hydroxyl groups is 2. The van der Waals surface area contributed by atoms with Gasteiger partial charge in [-0.2, -0.15) is 0 Å². The van der Waals surface area contributed by atoms with Crippen molar-refractivity contribution in [2.75, 3.05) is 31.1 Å². The molecule has 0 bridgehead atoms. The van der Waals surface area contributed by atoms with Crippen LogP contribution in [0.4, 0.5) is 4.79 Å². The van der Waals surface area contributed by atoms with Crippen LogP contribution in [-0.2, 0) is 35.8 Å². The maximum Gasteiger partial charge on any atom is 1.00 e. The number of carboxylic acids is 1. The maximum absolute atomic E-state index is 13.9. The molecule has 0 radical (unpaired) electrons. The van der Waals surface area contributed by atoms with E-state index in [1.54, 1.807) is 14.0 Å². The van der Waals surface area contributed by atoms with E-state index in [1.807, 2.05) is 0 Å². The van der Waals surface area contributed by atoms with E-state index in [2.05, 4.69) is 31.5 Å². The van der Waals surface area contributed by atoms with E-state index < -0.39 is 69.9 Å². The van der Waals surface area contributed by atoms with Crippen molar-refractivity contribution in [3.8, 4) is 11.5 Å². The number of carbonyl (C=O) groups excluding carboxylic acids is 7. The third-order valence-electron chi connectivity index (χ3n) is 7.71. The van der Waals surface area contributed by atoms with E-state index in [9.17, 15) is 48.9 Å². The summed E-state index contributed by atoms with van der Waals surface area (Å²) in [6.45, 7) is 1.71. The first kappa shape index (κ1) is 37.4. The number of rotatable bonds is 11. The van der Waals surface area contributed by atoms with Crippen molar-refractivity contribution in [2.45, 2.75) is 29.2 Å². The number of hydrogen-bond acceptors (Lipinski definition) is 15. The molecule has 0 spiro atoms. The number of aromatic nitrogens is 4. The third kappa shape index (κ3) is 6.90. The van der Waals surface area contributed by atoms with Crippen molar-refractivity contribution in [3.63, 3.8) is 0 Å². The summed E-state index contributed by atoms with van der Waals surface area (Å²) in [6.07, 6.45) is 0.127. The van der Waals surface area contributed by atoms with Gasteiger partial charge in [0, 0.05) is 38.2 Å². The summed E-state index contributed by atoms with van der Waals surface area (Å²) in [6, 6.07) is 0.190. The zero-order chi connectivity index (χ0) is 34.9. The van der Waals surface area contributed by atoms with Crippen LogP contribution in [0.15, 0.2) is 34.6 Å². The molecule has 3 atom stereocenters. The van der Waals surface area contributed by atoms with Gasteiger partial charge in [-0.05, 0) is 40.6 Å². The van der Waals surface area contributed by atoms with Crippen LogP contribution in [0.2, 0.25) is 0 Å². The number of piperazine rings is 1. The number of urea groups is 1. The van der Waals surface area contributed by atoms with Gasteiger partial charge in [-0.25, -0.2) is 9.48 Å². The van der Waals surface area contributed by atoms with Crippen LogP contribution >= 0.6 is 23.5 Å². The molecule has 20 nitrogen and oxygen atoms in total. The number of benzene rings is 1. The quantitative estimate of drug-likeness (QED) is 0.0274. The topological polar surface area (TPSA) is 272 Å². The fourth-order valence-corrected chi connectivity index (χ4v) is 7.66. The second-order valence-electron chi connectivity index (χ2n) is 10.5. The molecule has 4 heterocycles. The van der Waals surface area contributed by atoms with Gasteiger partial charge in [0.2, 0.25) is 23.1 Å². The number of fused-ring (bicyclic) bond motifs is 1. The minimum atomic E-state index is -2.21. The first-order valence-electron chi connectivity index (χ1n) is 14.0. The number of phenolic OH excluding ortho intramolecular Hbond substituents is 2. The molecule has 7 amide bonds. The van der Waals surface area contributed by atoms with Gasteiger partial charge in [-0.1, -0.05) is 17.8 Å². The van der Waals surface area contributed by atoms with Gasteiger partial charge in [0.05, 0.1) is 11.7 Å². The Balaban J connectivity index is 0.00000541. The number of thioether (sulfide) groups is 2. The summed E-state index contributed by atoms with van der Waals surface area (Å²) in [7, 11) is 1.59. The number of likely N-dealkylation sites (N-methyl/N-ethyl adjacent to an activating group) is 1. The summed E-state index contributed by atoms with van der Waals surface area (Å²) in [5, 5.41) is 49.4. The summed E-state index contributed by atoms with van der Waals surface area (Å²) in [5.74, 6) is -7.10. The van der Waals surface area contributed by atoms with Crippen LogP contribution in [0.25, 0.3) is 0 Å². The first-order chi connectivity index (χ1) is 22.8. The van der Waals surface area contributed by atoms with Crippen molar-refractivity contribution in [2.24, 2.45) is 7.05 Å². The Kier molecular flexibility index (Phi) is 11.5. The molecular weight excluding hydrogens is 699 g/mol. The molecule has 2 aromatic rings. The summed E-state index contributed by atoms with van der Waals surface area (Å²) in [5.41, 5.74) is -2.52. The molecule has 1 unspecified atom stereocenters. The molecule has 2 fully saturated rings. The van der Waals surface area contributed by atoms with E-state index >= 15 is 0 Å². The van der Waals surface area contributed by atoms with Crippen molar-refractivity contribution in [3.05, 3.63) is 35.0 Å². The molecule has 3 aliphatic rings. The molecule has 3 aliphatic heterocycles. The molecule has 5 N–H and O–H groups in total. The van der Waals surface area contributed by atoms with Crippen LogP contribution in [0.1, 0.15) is 18.5 Å². The molecule has 2 saturated heterocycles. The van der Waals surface area contributed by atoms with Gasteiger partial charge in [-0.3, -0.25) is 33.8 Å². The second kappa shape index (κ2) is 15.0. The number of imide groups is 1. The summed E-state index contributed by atoms with van der Waals surface area (Å²) >= 11 is 2.13. The molecule has 1 aromatic carbocycles. The van der Waals surface area contributed by atoms with E-state index in [4.69, 9.17) is 0 Å². The monoisotopic (exact) mass is 726 g/mol. The Morgan fingerprint density at radius 3 is 2.53 bits per heavy atom. The molecule has 0 aliphatic carbocycles. The normalized spacial score (nSPS) is 20.9. The zero-order valence-electron chi connectivity index (χ0n) is 26.1. The van der Waals surface area contributed by atoms with Crippen LogP contribution in [-0.4, -0.2) is 129 Å². The standard InChI is InChI=1S/C26H28N10O10S2.Na/c1-3-34-6-7-35(20(42)19(34)41)24(46)28-16(12-4-5-14(38)15(39)8-12)18(40)29-26(27-11-37)22(45)36-17(21(43)44)13(9-47-23(26)36)10-48-25-30-31-32-33(25)2;/h4-5,8,11,16,23,38-39H,3,6-7,9-10H2,1-2H3,(H,27,37)(H,28,46)(H,29,40)(H,43,44);/q;+1/p-1/t16?,23-,26+;/m0./s1. The number of nitrogens with one attached hydrogen (secondary N) is 3. The molecule has 1 aromatic heterocycles. The minimum Gasteiger partial charge on any atom is -0.543 e. The zero-order valence-corrected chi connectivity index (χ0v) is 29.7. The number of aliphatic carboxylic acids is 1. The van der Waals surface area contributed by atoms with E-state index in [0.29, 0.717) is 10.1 Å². The van der Waals surface area contributed by atoms with Gasteiger partial charge in [0.1, 0.15) is 11.4 Å². The van der Waals surface area contributed by atoms with Gasteiger partial charge in [-0.15, -0.1) is 16.9 Å². The second-order valence-corrected chi connectivity index (χ2v) is 12.5. The number of tetrazole rings is 1. The fourth-order valence-electron chi connectivity index (χ4n) is 5.25. The Morgan fingerprint density at radius 1 is 1.18 bits per heavy atom. The molecule has 0 saturated carbocycles. The number of carbonyl (C=O) groups is 7. The summed E-state index contributed by atoms with van der Waals surface area (Å²) < 4.78 is 1.37. The van der Waals surface area contributed by atoms with E-state index in [0.717, 1.165) is 40.6 Å². The Morgan fingerprint density at radius 2 is 1.92 bits per heavy atom. The maximum atomic E-state index is 13.9. The van der Waals surface area contributed by atoms with Crippen molar-refractivity contribution >= 4 is 65.6 Å². The van der Waals surface area contributed by atoms with Crippen LogP contribution in [0.5, 0.6) is 11.5 Å². The molecule has 254 valence electrons.